The SMILES string of the molecule is CCC.NN1CCc2ccc(Cl)cc21. The van der Waals surface area contributed by atoms with E-state index in [1.54, 1.807) is 5.01 Å². The minimum absolute atomic E-state index is 0.751. The number of halogens is 1. The van der Waals surface area contributed by atoms with Crippen molar-refractivity contribution in [3.05, 3.63) is 28.8 Å². The third-order valence-electron chi connectivity index (χ3n) is 1.98. The first kappa shape index (κ1) is 11.3. The smallest absolute Gasteiger partial charge is 0.0564 e. The lowest BCUT2D eigenvalue weighted by atomic mass is 10.2. The second-order valence-corrected chi connectivity index (χ2v) is 3.86. The summed E-state index contributed by atoms with van der Waals surface area (Å²) < 4.78 is 0. The molecule has 2 rings (SSSR count). The quantitative estimate of drug-likeness (QED) is 0.670. The Morgan fingerprint density at radius 1 is 1.43 bits per heavy atom. The highest BCUT2D eigenvalue weighted by atomic mass is 35.5. The van der Waals surface area contributed by atoms with Gasteiger partial charge in [-0.15, -0.1) is 0 Å². The van der Waals surface area contributed by atoms with Gasteiger partial charge in [0, 0.05) is 11.6 Å². The monoisotopic (exact) mass is 212 g/mol. The molecule has 1 aromatic carbocycles. The summed E-state index contributed by atoms with van der Waals surface area (Å²) in [6, 6.07) is 5.84. The molecule has 0 radical (unpaired) electrons. The predicted octanol–water partition coefficient (Wildman–Crippen LogP) is 2.99. The van der Waals surface area contributed by atoms with Crippen LogP contribution in [0.3, 0.4) is 0 Å². The Morgan fingerprint density at radius 3 is 2.71 bits per heavy atom. The Labute approximate surface area is 90.6 Å². The number of hydrogen-bond donors (Lipinski definition) is 1. The normalized spacial score (nSPS) is 13.3. The van der Waals surface area contributed by atoms with Crippen molar-refractivity contribution >= 4 is 17.3 Å². The first-order valence-corrected chi connectivity index (χ1v) is 5.37. The van der Waals surface area contributed by atoms with Crippen LogP contribution in [0.25, 0.3) is 0 Å². The molecule has 0 saturated carbocycles. The molecule has 0 aliphatic carbocycles. The fraction of sp³-hybridized carbons (Fsp3) is 0.455. The largest absolute Gasteiger partial charge is 0.310 e. The number of hydrogen-bond acceptors (Lipinski definition) is 2. The van der Waals surface area contributed by atoms with Crippen LogP contribution >= 0.6 is 11.6 Å². The van der Waals surface area contributed by atoms with Gasteiger partial charge >= 0.3 is 0 Å². The second-order valence-electron chi connectivity index (χ2n) is 3.42. The molecule has 0 bridgehead atoms. The summed E-state index contributed by atoms with van der Waals surface area (Å²) in [6.07, 6.45) is 2.28. The highest BCUT2D eigenvalue weighted by molar-refractivity contribution is 6.30. The van der Waals surface area contributed by atoms with E-state index >= 15 is 0 Å². The Bertz CT molecular complexity index is 299. The molecule has 1 aliphatic rings. The summed E-state index contributed by atoms with van der Waals surface area (Å²) in [4.78, 5) is 0. The summed E-state index contributed by atoms with van der Waals surface area (Å²) in [6.45, 7) is 5.15. The zero-order valence-corrected chi connectivity index (χ0v) is 9.51. The summed E-state index contributed by atoms with van der Waals surface area (Å²) in [7, 11) is 0. The number of anilines is 1. The van der Waals surface area contributed by atoms with Gasteiger partial charge in [0.25, 0.3) is 0 Å². The fourth-order valence-electron chi connectivity index (χ4n) is 1.38. The van der Waals surface area contributed by atoms with E-state index < -0.39 is 0 Å². The van der Waals surface area contributed by atoms with Crippen LogP contribution in [0.5, 0.6) is 0 Å². The summed E-state index contributed by atoms with van der Waals surface area (Å²) in [5.74, 6) is 5.69. The maximum absolute atomic E-state index is 5.81. The molecule has 0 aromatic heterocycles. The van der Waals surface area contributed by atoms with Gasteiger partial charge in [0.15, 0.2) is 0 Å². The maximum atomic E-state index is 5.81. The predicted molar refractivity (Wildman–Crippen MR) is 62.7 cm³/mol. The fourth-order valence-corrected chi connectivity index (χ4v) is 1.54. The van der Waals surface area contributed by atoms with E-state index in [2.05, 4.69) is 13.8 Å². The molecule has 0 spiro atoms. The van der Waals surface area contributed by atoms with E-state index in [1.807, 2.05) is 18.2 Å². The average Bonchev–Trinajstić information content (AvgIpc) is 2.49. The van der Waals surface area contributed by atoms with Crippen LogP contribution in [0, 0.1) is 0 Å². The number of nitrogens with two attached hydrogens (primary N) is 1. The van der Waals surface area contributed by atoms with E-state index in [-0.39, 0.29) is 0 Å². The van der Waals surface area contributed by atoms with Crippen molar-refractivity contribution in [3.63, 3.8) is 0 Å². The van der Waals surface area contributed by atoms with Gasteiger partial charge in [0.05, 0.1) is 5.69 Å². The highest BCUT2D eigenvalue weighted by Crippen LogP contribution is 2.27. The molecule has 2 nitrogen and oxygen atoms in total. The molecule has 0 unspecified atom stereocenters. The molecule has 0 fully saturated rings. The first-order valence-electron chi connectivity index (χ1n) is 4.99. The molecule has 14 heavy (non-hydrogen) atoms. The zero-order valence-electron chi connectivity index (χ0n) is 8.76. The second kappa shape index (κ2) is 5.23. The van der Waals surface area contributed by atoms with Crippen LogP contribution in [0.15, 0.2) is 18.2 Å². The van der Waals surface area contributed by atoms with Crippen molar-refractivity contribution in [2.24, 2.45) is 5.84 Å². The van der Waals surface area contributed by atoms with E-state index in [0.717, 1.165) is 23.7 Å². The topological polar surface area (TPSA) is 29.3 Å². The van der Waals surface area contributed by atoms with Crippen molar-refractivity contribution in [2.45, 2.75) is 26.7 Å². The van der Waals surface area contributed by atoms with Crippen molar-refractivity contribution in [1.82, 2.24) is 0 Å². The molecular formula is C11H17ClN2. The number of hydrazine groups is 1. The van der Waals surface area contributed by atoms with Crippen LogP contribution in [0.1, 0.15) is 25.8 Å². The van der Waals surface area contributed by atoms with E-state index in [4.69, 9.17) is 17.4 Å². The van der Waals surface area contributed by atoms with Gasteiger partial charge in [-0.1, -0.05) is 37.9 Å². The molecule has 3 heteroatoms. The van der Waals surface area contributed by atoms with Gasteiger partial charge < -0.3 is 5.01 Å². The van der Waals surface area contributed by atoms with Gasteiger partial charge in [-0.05, 0) is 24.1 Å². The molecule has 1 aliphatic heterocycles. The van der Waals surface area contributed by atoms with Gasteiger partial charge in [-0.3, -0.25) is 0 Å². The Hall–Kier alpha value is -0.730. The maximum Gasteiger partial charge on any atom is 0.0564 e. The Morgan fingerprint density at radius 2 is 2.07 bits per heavy atom. The lowest BCUT2D eigenvalue weighted by Crippen LogP contribution is -2.27. The zero-order chi connectivity index (χ0) is 10.6. The van der Waals surface area contributed by atoms with Gasteiger partial charge in [-0.2, -0.15) is 0 Å². The first-order chi connectivity index (χ1) is 6.69. The van der Waals surface area contributed by atoms with Gasteiger partial charge in [0.2, 0.25) is 0 Å². The lowest BCUT2D eigenvalue weighted by molar-refractivity contribution is 0.891. The number of fused-ring (bicyclic) bond motifs is 1. The Balaban J connectivity index is 0.000000293. The third-order valence-corrected chi connectivity index (χ3v) is 2.21. The standard InChI is InChI=1S/C8H9ClN2.C3H8/c9-7-2-1-6-3-4-11(10)8(6)5-7;1-3-2/h1-2,5H,3-4,10H2;3H2,1-2H3. The van der Waals surface area contributed by atoms with Gasteiger partial charge in [-0.25, -0.2) is 5.84 Å². The van der Waals surface area contributed by atoms with Crippen molar-refractivity contribution in [1.29, 1.82) is 0 Å². The van der Waals surface area contributed by atoms with Crippen LogP contribution < -0.4 is 10.9 Å². The summed E-state index contributed by atoms with van der Waals surface area (Å²) in [5, 5.41) is 2.49. The van der Waals surface area contributed by atoms with Crippen LogP contribution in [0.4, 0.5) is 5.69 Å². The summed E-state index contributed by atoms with van der Waals surface area (Å²) >= 11 is 5.81. The number of benzene rings is 1. The third kappa shape index (κ3) is 2.63. The minimum Gasteiger partial charge on any atom is -0.310 e. The summed E-state index contributed by atoms with van der Waals surface area (Å²) in [5.41, 5.74) is 2.36. The molecule has 1 heterocycles. The molecular weight excluding hydrogens is 196 g/mol. The van der Waals surface area contributed by atoms with E-state index in [1.165, 1.54) is 12.0 Å². The molecule has 78 valence electrons. The molecule has 0 amide bonds. The molecule has 2 N–H and O–H groups in total. The average molecular weight is 213 g/mol. The van der Waals surface area contributed by atoms with Crippen molar-refractivity contribution < 1.29 is 0 Å². The lowest BCUT2D eigenvalue weighted by Gasteiger charge is -2.10. The van der Waals surface area contributed by atoms with Crippen LogP contribution in [-0.2, 0) is 6.42 Å². The van der Waals surface area contributed by atoms with Crippen molar-refractivity contribution in [2.75, 3.05) is 11.6 Å². The number of nitrogens with zero attached hydrogens (tertiary/aromatic N) is 1. The minimum atomic E-state index is 0.751. The van der Waals surface area contributed by atoms with Crippen LogP contribution in [0.2, 0.25) is 5.02 Å². The van der Waals surface area contributed by atoms with Gasteiger partial charge in [0.1, 0.15) is 0 Å². The van der Waals surface area contributed by atoms with Crippen LogP contribution in [-0.4, -0.2) is 6.54 Å². The number of rotatable bonds is 0. The van der Waals surface area contributed by atoms with E-state index in [9.17, 15) is 0 Å². The Kier molecular flexibility index (Phi) is 4.23. The van der Waals surface area contributed by atoms with Crippen molar-refractivity contribution in [3.8, 4) is 0 Å². The highest BCUT2D eigenvalue weighted by Gasteiger charge is 2.15. The molecule has 0 saturated heterocycles. The van der Waals surface area contributed by atoms with E-state index in [0.29, 0.717) is 0 Å². The molecule has 1 aromatic rings. The molecule has 0 atom stereocenters.